The number of hydrogen-bond acceptors (Lipinski definition) is 5. The van der Waals surface area contributed by atoms with Gasteiger partial charge in [0, 0.05) is 141 Å². The van der Waals surface area contributed by atoms with E-state index in [9.17, 15) is 0 Å². The summed E-state index contributed by atoms with van der Waals surface area (Å²) in [6.45, 7) is 0. The van der Waals surface area contributed by atoms with Gasteiger partial charge < -0.3 is 28.4 Å². The molecule has 26 rings (SSSR count). The Hall–Kier alpha value is -17.1. The fourth-order valence-electron chi connectivity index (χ4n) is 19.7. The molecule has 0 amide bonds. The molecule has 5 heterocycles. The van der Waals surface area contributed by atoms with Gasteiger partial charge in [0.1, 0.15) is 0 Å². The third kappa shape index (κ3) is 14.9. The first-order chi connectivity index (χ1) is 66.5. The summed E-state index contributed by atoms with van der Waals surface area (Å²) in [6.07, 6.45) is 0. The number of anilines is 9. The van der Waals surface area contributed by atoms with E-state index in [0.29, 0.717) is 0 Å². The Kier molecular flexibility index (Phi) is 21.0. The highest BCUT2D eigenvalue weighted by Crippen LogP contribution is 2.48. The molecule has 0 aliphatic rings. The molecule has 26 aromatic rings. The van der Waals surface area contributed by atoms with Crippen LogP contribution in [0.1, 0.15) is 0 Å². The Morgan fingerprint density at radius 2 is 0.381 bits per heavy atom. The lowest BCUT2D eigenvalue weighted by Crippen LogP contribution is -2.11. The molecule has 8 heteroatoms. The quantitative estimate of drug-likeness (QED) is 0.0964. The van der Waals surface area contributed by atoms with E-state index < -0.39 is 0 Å². The molecule has 21 aromatic carbocycles. The van der Waals surface area contributed by atoms with Crippen LogP contribution in [0.5, 0.6) is 0 Å². The highest BCUT2D eigenvalue weighted by molar-refractivity contribution is 7.26. The van der Waals surface area contributed by atoms with Crippen molar-refractivity contribution in [3.05, 3.63) is 522 Å². The zero-order chi connectivity index (χ0) is 88.8. The maximum absolute atomic E-state index is 2.42. The average molecular weight is 1750 g/mol. The lowest BCUT2D eigenvalue weighted by molar-refractivity contribution is 1.17. The van der Waals surface area contributed by atoms with E-state index in [2.05, 4.69) is 550 Å². The molecule has 0 radical (unpaired) electrons. The van der Waals surface area contributed by atoms with E-state index in [0.717, 1.165) is 68.2 Å². The Labute approximate surface area is 785 Å². The summed E-state index contributed by atoms with van der Waals surface area (Å²) in [4.78, 5) is 6.99. The molecular weight excluding hydrogens is 1660 g/mol. The van der Waals surface area contributed by atoms with Crippen LogP contribution in [0.3, 0.4) is 0 Å². The normalized spacial score (nSPS) is 11.4. The van der Waals surface area contributed by atoms with Gasteiger partial charge in [0.2, 0.25) is 0 Å². The summed E-state index contributed by atoms with van der Waals surface area (Å²) < 4.78 is 12.5. The Balaban J connectivity index is 0.000000111. The van der Waals surface area contributed by atoms with Crippen molar-refractivity contribution in [2.45, 2.75) is 0 Å². The molecule has 0 unspecified atom stereocenters. The van der Waals surface area contributed by atoms with Crippen LogP contribution in [0, 0.1) is 0 Å². The molecule has 0 aliphatic carbocycles. The van der Waals surface area contributed by atoms with Crippen LogP contribution < -0.4 is 14.7 Å². The van der Waals surface area contributed by atoms with Crippen molar-refractivity contribution in [3.8, 4) is 61.6 Å². The number of benzene rings is 21. The van der Waals surface area contributed by atoms with Crippen LogP contribution in [-0.2, 0) is 0 Å². The minimum Gasteiger partial charge on any atom is -0.311 e. The van der Waals surface area contributed by atoms with E-state index in [4.69, 9.17) is 0 Å². The van der Waals surface area contributed by atoms with E-state index in [-0.39, 0.29) is 0 Å². The van der Waals surface area contributed by atoms with Crippen LogP contribution in [0.4, 0.5) is 51.2 Å². The summed E-state index contributed by atoms with van der Waals surface area (Å²) in [7, 11) is 0. The molecule has 632 valence electrons. The van der Waals surface area contributed by atoms with Crippen LogP contribution >= 0.6 is 22.7 Å². The van der Waals surface area contributed by atoms with Crippen molar-refractivity contribution in [2.75, 3.05) is 14.7 Å². The topological polar surface area (TPSA) is 24.5 Å². The van der Waals surface area contributed by atoms with Crippen molar-refractivity contribution in [1.29, 1.82) is 0 Å². The van der Waals surface area contributed by atoms with Gasteiger partial charge in [-0.3, -0.25) is 0 Å². The van der Waals surface area contributed by atoms with E-state index in [1.54, 1.807) is 0 Å². The number of rotatable bonds is 16. The number of hydrogen-bond donors (Lipinski definition) is 0. The zero-order valence-corrected chi connectivity index (χ0v) is 74.8. The van der Waals surface area contributed by atoms with Gasteiger partial charge in [-0.2, -0.15) is 0 Å². The number of fused-ring (bicyclic) bond motifs is 15. The number of nitrogens with zero attached hydrogens (tertiary/aromatic N) is 6. The SMILES string of the molecule is c1ccc(-c2ccc(N(c3ccc(-n4c5ccccc5c5ccccc54)cc3)c3ccccc3-c3ccccc3)cc2)cc1.c1ccc(-c2ccc(N(c3ccccc3)c3ccc(-c4ccc(-n5c6ccccc6c6cc7c(cc65)sc5ccccc57)cc4)cc3)cc2)cc1.c1ccc(N(c2ccccc2)c2ccc(-n3c4ccccc4c4cc5c(cc43)sc3ccccc35)cc2)cc1. The van der Waals surface area contributed by atoms with Crippen molar-refractivity contribution >= 4 is 180 Å². The van der Waals surface area contributed by atoms with Crippen molar-refractivity contribution in [1.82, 2.24) is 13.7 Å². The third-order valence-corrected chi connectivity index (χ3v) is 28.2. The number of para-hydroxylation sites is 8. The van der Waals surface area contributed by atoms with Crippen LogP contribution in [-0.4, -0.2) is 13.7 Å². The fourth-order valence-corrected chi connectivity index (χ4v) is 21.9. The largest absolute Gasteiger partial charge is 0.311 e. The molecule has 0 fully saturated rings. The van der Waals surface area contributed by atoms with E-state index in [1.807, 2.05) is 22.7 Å². The highest BCUT2D eigenvalue weighted by atomic mass is 32.1. The Morgan fingerprint density at radius 3 is 0.739 bits per heavy atom. The predicted octanol–water partition coefficient (Wildman–Crippen LogP) is 36.2. The third-order valence-electron chi connectivity index (χ3n) is 26.0. The van der Waals surface area contributed by atoms with Gasteiger partial charge in [0.15, 0.2) is 0 Å². The second kappa shape index (κ2) is 35.0. The summed E-state index contributed by atoms with van der Waals surface area (Å²) >= 11 is 3.74. The van der Waals surface area contributed by atoms with Gasteiger partial charge in [-0.25, -0.2) is 0 Å². The van der Waals surface area contributed by atoms with E-state index >= 15 is 0 Å². The monoisotopic (exact) mass is 1750 g/mol. The summed E-state index contributed by atoms with van der Waals surface area (Å²) in [5, 5.41) is 13.0. The molecule has 5 aromatic heterocycles. The molecule has 0 saturated heterocycles. The van der Waals surface area contributed by atoms with Crippen LogP contribution in [0.2, 0.25) is 0 Å². The number of thiophene rings is 2. The van der Waals surface area contributed by atoms with Crippen LogP contribution in [0.15, 0.2) is 522 Å². The lowest BCUT2D eigenvalue weighted by Gasteiger charge is -2.28. The van der Waals surface area contributed by atoms with Gasteiger partial charge in [0.05, 0.1) is 38.8 Å². The summed E-state index contributed by atoms with van der Waals surface area (Å²) in [5.74, 6) is 0. The molecule has 0 N–H and O–H groups in total. The van der Waals surface area contributed by atoms with Gasteiger partial charge >= 0.3 is 0 Å². The molecule has 0 atom stereocenters. The van der Waals surface area contributed by atoms with Gasteiger partial charge in [-0.15, -0.1) is 22.7 Å². The molecular formula is C126H86N6S2. The second-order valence-electron chi connectivity index (χ2n) is 33.9. The Morgan fingerprint density at radius 1 is 0.142 bits per heavy atom. The average Bonchev–Trinajstić information content (AvgIpc) is 1.62. The van der Waals surface area contributed by atoms with Crippen molar-refractivity contribution in [3.63, 3.8) is 0 Å². The standard InChI is InChI=1S/C48H32N2S.C42H30N2.C36H24N2S/c1-3-11-33(12-4-1)34-19-25-38(26-20-34)49(37-13-5-2-6-14-37)39-27-21-35(22-28-39)36-23-29-40(30-24-36)50-45-17-9-7-15-41(45)43-31-44-42-16-8-10-18-47(42)51-48(44)32-46(43)50;1-3-13-31(14-4-1)32-23-25-34(26-24-32)43(40-20-10-7-17-37(40)33-15-5-2-6-16-33)35-27-29-36(30-28-35)44-41-21-11-8-18-38(41)39-19-9-12-22-42(39)44;1-3-11-25(12-4-1)37(26-13-5-2-6-14-26)27-19-21-28(22-20-27)38-33-17-9-7-15-29(33)31-23-32-30-16-8-10-18-35(30)39-36(32)24-34(31)38/h1-32H;1-30H;1-24H. The van der Waals surface area contributed by atoms with Gasteiger partial charge in [0.25, 0.3) is 0 Å². The first kappa shape index (κ1) is 80.2. The minimum atomic E-state index is 1.10. The molecule has 6 nitrogen and oxygen atoms in total. The molecule has 0 bridgehead atoms. The van der Waals surface area contributed by atoms with Gasteiger partial charge in [-0.05, 0) is 239 Å². The van der Waals surface area contributed by atoms with Crippen molar-refractivity contribution in [2.24, 2.45) is 0 Å². The maximum atomic E-state index is 2.42. The smallest absolute Gasteiger partial charge is 0.0555 e. The molecule has 0 saturated carbocycles. The molecule has 134 heavy (non-hydrogen) atoms. The Bertz CT molecular complexity index is 8640. The maximum Gasteiger partial charge on any atom is 0.0555 e. The fraction of sp³-hybridized carbons (Fsp3) is 0. The van der Waals surface area contributed by atoms with Crippen molar-refractivity contribution < 1.29 is 0 Å². The van der Waals surface area contributed by atoms with E-state index in [1.165, 1.54) is 150 Å². The summed E-state index contributed by atoms with van der Waals surface area (Å²) in [5.41, 5.74) is 30.5. The highest BCUT2D eigenvalue weighted by Gasteiger charge is 2.24. The molecule has 0 aliphatic heterocycles. The minimum absolute atomic E-state index is 1.10. The van der Waals surface area contributed by atoms with Crippen LogP contribution in [0.25, 0.3) is 167 Å². The lowest BCUT2D eigenvalue weighted by atomic mass is 10.0. The first-order valence-corrected chi connectivity index (χ1v) is 47.2. The predicted molar refractivity (Wildman–Crippen MR) is 574 cm³/mol. The zero-order valence-electron chi connectivity index (χ0n) is 73.2. The molecule has 0 spiro atoms. The first-order valence-electron chi connectivity index (χ1n) is 45.6. The van der Waals surface area contributed by atoms with Gasteiger partial charge in [-0.1, -0.05) is 322 Å². The summed E-state index contributed by atoms with van der Waals surface area (Å²) in [6, 6.07) is 188. The number of aromatic nitrogens is 3. The second-order valence-corrected chi connectivity index (χ2v) is 36.0.